The molecule has 0 aliphatic carbocycles. The van der Waals surface area contributed by atoms with Gasteiger partial charge in [-0.1, -0.05) is 0 Å². The van der Waals surface area contributed by atoms with E-state index in [0.29, 0.717) is 6.42 Å². The van der Waals surface area contributed by atoms with E-state index in [1.165, 1.54) is 28.8 Å². The maximum atomic E-state index is 12.4. The fourth-order valence-electron chi connectivity index (χ4n) is 2.53. The van der Waals surface area contributed by atoms with Crippen LogP contribution in [0.1, 0.15) is 33.4 Å². The van der Waals surface area contributed by atoms with Crippen LogP contribution in [0.3, 0.4) is 0 Å². The number of nitrogens with one attached hydrogen (secondary N) is 1. The van der Waals surface area contributed by atoms with Gasteiger partial charge in [0, 0.05) is 26.6 Å². The number of hydrogen-bond donors (Lipinski definition) is 1. The standard InChI is InChI=1S/C15H25N4O7P/c1-5-23-27(22,24-6-2)25-10-12-9-14(26-18(12)4)19-8-7-13(16-11(3)20)17-15(19)21/h7-8,12,14H,5-6,9-10H2,1-4H3,(H,16,17,20,21)/t12-,14+/m1/s1. The van der Waals surface area contributed by atoms with Crippen molar-refractivity contribution in [2.75, 3.05) is 32.2 Å². The SMILES string of the molecule is CCOP(=O)(OCC)OC[C@H]1C[C@@H](n2ccc(NC(C)=O)nc2=O)ON1C. The highest BCUT2D eigenvalue weighted by Crippen LogP contribution is 2.49. The molecular weight excluding hydrogens is 379 g/mol. The summed E-state index contributed by atoms with van der Waals surface area (Å²) >= 11 is 0. The zero-order valence-electron chi connectivity index (χ0n) is 15.8. The second kappa shape index (κ2) is 9.54. The van der Waals surface area contributed by atoms with Crippen LogP contribution in [0, 0.1) is 0 Å². The molecule has 1 fully saturated rings. The van der Waals surface area contributed by atoms with Gasteiger partial charge in [0.2, 0.25) is 5.91 Å². The molecule has 1 aliphatic heterocycles. The Morgan fingerprint density at radius 3 is 2.59 bits per heavy atom. The van der Waals surface area contributed by atoms with E-state index in [1.807, 2.05) is 0 Å². The second-order valence-electron chi connectivity index (χ2n) is 5.76. The number of aromatic nitrogens is 2. The average Bonchev–Trinajstić information content (AvgIpc) is 2.94. The Morgan fingerprint density at radius 1 is 1.37 bits per heavy atom. The minimum Gasteiger partial charge on any atom is -0.311 e. The summed E-state index contributed by atoms with van der Waals surface area (Å²) in [6.07, 6.45) is 1.29. The number of anilines is 1. The van der Waals surface area contributed by atoms with E-state index in [9.17, 15) is 14.2 Å². The van der Waals surface area contributed by atoms with Gasteiger partial charge in [-0.15, -0.1) is 0 Å². The molecule has 1 aromatic rings. The second-order valence-corrected chi connectivity index (χ2v) is 7.43. The summed E-state index contributed by atoms with van der Waals surface area (Å²) in [4.78, 5) is 32.7. The Bertz CT molecular complexity index is 746. The Labute approximate surface area is 157 Å². The molecule has 1 saturated heterocycles. The Hall–Kier alpha value is -1.62. The summed E-state index contributed by atoms with van der Waals surface area (Å²) in [5.41, 5.74) is -0.560. The number of nitrogens with zero attached hydrogens (tertiary/aromatic N) is 3. The fourth-order valence-corrected chi connectivity index (χ4v) is 3.74. The van der Waals surface area contributed by atoms with Crippen LogP contribution in [0.15, 0.2) is 17.1 Å². The minimum absolute atomic E-state index is 0.0381. The van der Waals surface area contributed by atoms with Crippen LogP contribution >= 0.6 is 7.82 Å². The number of carbonyl (C=O) groups excluding carboxylic acids is 1. The number of phosphoric ester groups is 1. The van der Waals surface area contributed by atoms with E-state index >= 15 is 0 Å². The quantitative estimate of drug-likeness (QED) is 0.611. The van der Waals surface area contributed by atoms with Crippen molar-refractivity contribution in [3.05, 3.63) is 22.7 Å². The van der Waals surface area contributed by atoms with E-state index in [1.54, 1.807) is 20.9 Å². The van der Waals surface area contributed by atoms with Gasteiger partial charge in [0.05, 0.1) is 25.9 Å². The summed E-state index contributed by atoms with van der Waals surface area (Å²) < 4.78 is 29.3. The zero-order valence-corrected chi connectivity index (χ0v) is 16.7. The lowest BCUT2D eigenvalue weighted by Crippen LogP contribution is -2.28. The van der Waals surface area contributed by atoms with Gasteiger partial charge in [-0.05, 0) is 19.9 Å². The minimum atomic E-state index is -3.62. The van der Waals surface area contributed by atoms with Crippen LogP contribution in [0.4, 0.5) is 5.82 Å². The summed E-state index contributed by atoms with van der Waals surface area (Å²) in [6.45, 7) is 5.14. The third kappa shape index (κ3) is 5.93. The molecule has 2 atom stereocenters. The lowest BCUT2D eigenvalue weighted by molar-refractivity contribution is -0.170. The molecule has 152 valence electrons. The largest absolute Gasteiger partial charge is 0.474 e. The van der Waals surface area contributed by atoms with Gasteiger partial charge < -0.3 is 5.32 Å². The number of phosphoric acid groups is 1. The number of hydrogen-bond acceptors (Lipinski definition) is 9. The van der Waals surface area contributed by atoms with Gasteiger partial charge in [0.15, 0.2) is 6.23 Å². The van der Waals surface area contributed by atoms with Gasteiger partial charge in [-0.25, -0.2) is 9.36 Å². The molecule has 1 amide bonds. The zero-order chi connectivity index (χ0) is 20.0. The van der Waals surface area contributed by atoms with E-state index in [-0.39, 0.29) is 37.6 Å². The maximum Gasteiger partial charge on any atom is 0.474 e. The van der Waals surface area contributed by atoms with Crippen molar-refractivity contribution in [3.8, 4) is 0 Å². The van der Waals surface area contributed by atoms with Crippen molar-refractivity contribution in [3.63, 3.8) is 0 Å². The Balaban J connectivity index is 2.02. The molecule has 0 aromatic carbocycles. The van der Waals surface area contributed by atoms with Gasteiger partial charge in [-0.3, -0.25) is 27.8 Å². The first-order valence-corrected chi connectivity index (χ1v) is 10.0. The predicted molar refractivity (Wildman–Crippen MR) is 95.9 cm³/mol. The van der Waals surface area contributed by atoms with Gasteiger partial charge >= 0.3 is 13.5 Å². The highest BCUT2D eigenvalue weighted by atomic mass is 31.2. The van der Waals surface area contributed by atoms with Crippen molar-refractivity contribution in [1.82, 2.24) is 14.6 Å². The molecule has 0 bridgehead atoms. The van der Waals surface area contributed by atoms with Crippen LogP contribution < -0.4 is 11.0 Å². The first-order valence-electron chi connectivity index (χ1n) is 8.58. The first kappa shape index (κ1) is 21.7. The summed E-state index contributed by atoms with van der Waals surface area (Å²) in [5, 5.41) is 3.98. The molecule has 1 aliphatic rings. The van der Waals surface area contributed by atoms with Crippen molar-refractivity contribution in [2.45, 2.75) is 39.5 Å². The van der Waals surface area contributed by atoms with Crippen molar-refractivity contribution in [1.29, 1.82) is 0 Å². The van der Waals surface area contributed by atoms with E-state index in [4.69, 9.17) is 18.4 Å². The summed E-state index contributed by atoms with van der Waals surface area (Å²) in [5.74, 6) is -0.147. The molecule has 0 radical (unpaired) electrons. The molecule has 1 N–H and O–H groups in total. The third-order valence-electron chi connectivity index (χ3n) is 3.72. The van der Waals surface area contributed by atoms with Crippen molar-refractivity contribution in [2.24, 2.45) is 0 Å². The maximum absolute atomic E-state index is 12.4. The van der Waals surface area contributed by atoms with Crippen molar-refractivity contribution >= 4 is 19.5 Å². The lowest BCUT2D eigenvalue weighted by atomic mass is 10.2. The predicted octanol–water partition coefficient (Wildman–Crippen LogP) is 1.53. The van der Waals surface area contributed by atoms with Gasteiger partial charge in [0.1, 0.15) is 5.82 Å². The van der Waals surface area contributed by atoms with E-state index in [0.717, 1.165) is 0 Å². The number of hydroxylamine groups is 2. The molecule has 0 saturated carbocycles. The van der Waals surface area contributed by atoms with Crippen molar-refractivity contribution < 1.29 is 27.8 Å². The van der Waals surface area contributed by atoms with Crippen LogP contribution in [0.2, 0.25) is 0 Å². The number of likely N-dealkylation sites (N-methyl/N-ethyl adjacent to an activating group) is 1. The first-order chi connectivity index (χ1) is 12.8. The van der Waals surface area contributed by atoms with Crippen LogP contribution in [0.5, 0.6) is 0 Å². The Kier molecular flexibility index (Phi) is 7.66. The van der Waals surface area contributed by atoms with Crippen LogP contribution in [0.25, 0.3) is 0 Å². The van der Waals surface area contributed by atoms with Crippen LogP contribution in [-0.4, -0.2) is 53.4 Å². The molecule has 0 unspecified atom stereocenters. The molecule has 12 heteroatoms. The number of rotatable bonds is 9. The molecule has 27 heavy (non-hydrogen) atoms. The smallest absolute Gasteiger partial charge is 0.311 e. The van der Waals surface area contributed by atoms with Gasteiger partial charge in [-0.2, -0.15) is 10.0 Å². The third-order valence-corrected chi connectivity index (χ3v) is 5.33. The molecule has 0 spiro atoms. The molecule has 1 aromatic heterocycles. The normalized spacial score (nSPS) is 20.7. The molecular formula is C15H25N4O7P. The highest BCUT2D eigenvalue weighted by Gasteiger charge is 2.36. The average molecular weight is 404 g/mol. The van der Waals surface area contributed by atoms with E-state index in [2.05, 4.69) is 10.3 Å². The molecule has 11 nitrogen and oxygen atoms in total. The van der Waals surface area contributed by atoms with Gasteiger partial charge in [0.25, 0.3) is 0 Å². The highest BCUT2D eigenvalue weighted by molar-refractivity contribution is 7.48. The Morgan fingerprint density at radius 2 is 2.04 bits per heavy atom. The van der Waals surface area contributed by atoms with E-state index < -0.39 is 19.7 Å². The summed E-state index contributed by atoms with van der Waals surface area (Å²) in [7, 11) is -1.94. The summed E-state index contributed by atoms with van der Waals surface area (Å²) in [6, 6.07) is 1.24. The topological polar surface area (TPSA) is 121 Å². The molecule has 2 rings (SSSR count). The number of amides is 1. The monoisotopic (exact) mass is 404 g/mol. The van der Waals surface area contributed by atoms with Crippen LogP contribution in [-0.2, 0) is 27.8 Å². The fraction of sp³-hybridized carbons (Fsp3) is 0.667. The number of carbonyl (C=O) groups is 1. The lowest BCUT2D eigenvalue weighted by Gasteiger charge is -2.21. The molecule has 2 heterocycles.